The predicted octanol–water partition coefficient (Wildman–Crippen LogP) is 3.16. The van der Waals surface area contributed by atoms with Gasteiger partial charge in [0, 0.05) is 12.1 Å². The number of imidazole rings is 1. The zero-order valence-electron chi connectivity index (χ0n) is 11.3. The van der Waals surface area contributed by atoms with E-state index in [2.05, 4.69) is 31.2 Å². The van der Waals surface area contributed by atoms with E-state index in [1.165, 1.54) is 5.56 Å². The highest BCUT2D eigenvalue weighted by Crippen LogP contribution is 2.28. The van der Waals surface area contributed by atoms with Gasteiger partial charge < -0.3 is 10.1 Å². The zero-order valence-corrected chi connectivity index (χ0v) is 12.1. The van der Waals surface area contributed by atoms with Gasteiger partial charge in [-0.25, -0.2) is 4.98 Å². The monoisotopic (exact) mass is 261 g/mol. The number of hydrogen-bond acceptors (Lipinski definition) is 2. The van der Waals surface area contributed by atoms with Crippen LogP contribution in [0.5, 0.6) is 0 Å². The van der Waals surface area contributed by atoms with Gasteiger partial charge in [-0.05, 0) is 24.5 Å². The molecule has 0 saturated carbocycles. The summed E-state index contributed by atoms with van der Waals surface area (Å²) in [4.78, 5) is 5.28. The molecule has 96 valence electrons. The van der Waals surface area contributed by atoms with Crippen LogP contribution >= 0.6 is 12.2 Å². The normalized spacial score (nSPS) is 13.2. The smallest absolute Gasteiger partial charge is 0.140 e. The van der Waals surface area contributed by atoms with Crippen LogP contribution in [0.3, 0.4) is 0 Å². The van der Waals surface area contributed by atoms with Crippen molar-refractivity contribution in [2.75, 3.05) is 0 Å². The van der Waals surface area contributed by atoms with Gasteiger partial charge in [0.2, 0.25) is 0 Å². The van der Waals surface area contributed by atoms with Crippen molar-refractivity contribution in [3.8, 4) is 0 Å². The average Bonchev–Trinajstić information content (AvgIpc) is 2.68. The third-order valence-electron chi connectivity index (χ3n) is 3.29. The van der Waals surface area contributed by atoms with Gasteiger partial charge in [-0.15, -0.1) is 0 Å². The minimum absolute atomic E-state index is 0.0363. The molecule has 2 aromatic rings. The van der Waals surface area contributed by atoms with Crippen molar-refractivity contribution in [2.24, 2.45) is 5.73 Å². The summed E-state index contributed by atoms with van der Waals surface area (Å²) in [5, 5.41) is 0. The molecule has 0 fully saturated rings. The van der Waals surface area contributed by atoms with E-state index < -0.39 is 0 Å². The second-order valence-corrected chi connectivity index (χ2v) is 5.52. The van der Waals surface area contributed by atoms with E-state index in [1.807, 2.05) is 19.2 Å². The van der Waals surface area contributed by atoms with Crippen molar-refractivity contribution in [1.82, 2.24) is 9.38 Å². The number of aryl methyl sites for hydroxylation is 1. The Balaban J connectivity index is 2.79. The first-order valence-electron chi connectivity index (χ1n) is 6.20. The third-order valence-corrected chi connectivity index (χ3v) is 3.65. The topological polar surface area (TPSA) is 43.3 Å². The molecule has 0 amide bonds. The van der Waals surface area contributed by atoms with Crippen LogP contribution in [0.25, 0.3) is 5.65 Å². The van der Waals surface area contributed by atoms with Crippen molar-refractivity contribution in [2.45, 2.75) is 39.5 Å². The van der Waals surface area contributed by atoms with Gasteiger partial charge in [-0.2, -0.15) is 0 Å². The van der Waals surface area contributed by atoms with Crippen LogP contribution in [-0.2, 0) is 0 Å². The summed E-state index contributed by atoms with van der Waals surface area (Å²) in [6, 6.07) is 4.10. The van der Waals surface area contributed by atoms with Crippen LogP contribution in [-0.4, -0.2) is 14.4 Å². The SMILES string of the molecule is Cc1cccn2c(C(C)C(N)=S)c(C(C)C)nc12. The van der Waals surface area contributed by atoms with E-state index in [0.717, 1.165) is 17.0 Å². The maximum absolute atomic E-state index is 5.82. The first kappa shape index (κ1) is 13.0. The van der Waals surface area contributed by atoms with E-state index in [-0.39, 0.29) is 5.92 Å². The largest absolute Gasteiger partial charge is 0.393 e. The minimum Gasteiger partial charge on any atom is -0.393 e. The van der Waals surface area contributed by atoms with Gasteiger partial charge in [-0.3, -0.25) is 0 Å². The average molecular weight is 261 g/mol. The second kappa shape index (κ2) is 4.69. The summed E-state index contributed by atoms with van der Waals surface area (Å²) in [7, 11) is 0. The molecule has 1 unspecified atom stereocenters. The Kier molecular flexibility index (Phi) is 3.39. The number of pyridine rings is 1. The Hall–Kier alpha value is -1.42. The van der Waals surface area contributed by atoms with Crippen LogP contribution in [0.1, 0.15) is 49.6 Å². The van der Waals surface area contributed by atoms with Crippen LogP contribution in [0.15, 0.2) is 18.3 Å². The van der Waals surface area contributed by atoms with Crippen LogP contribution in [0, 0.1) is 6.92 Å². The molecule has 0 aliphatic carbocycles. The fourth-order valence-electron chi connectivity index (χ4n) is 2.23. The molecule has 4 heteroatoms. The fraction of sp³-hybridized carbons (Fsp3) is 0.429. The van der Waals surface area contributed by atoms with Crippen molar-refractivity contribution in [3.05, 3.63) is 35.3 Å². The van der Waals surface area contributed by atoms with Gasteiger partial charge >= 0.3 is 0 Å². The molecule has 2 heterocycles. The lowest BCUT2D eigenvalue weighted by Crippen LogP contribution is -2.19. The molecular formula is C14H19N3S. The highest BCUT2D eigenvalue weighted by molar-refractivity contribution is 7.80. The van der Waals surface area contributed by atoms with E-state index in [0.29, 0.717) is 10.9 Å². The van der Waals surface area contributed by atoms with Crippen LogP contribution in [0.4, 0.5) is 0 Å². The highest BCUT2D eigenvalue weighted by Gasteiger charge is 2.22. The Morgan fingerprint density at radius 1 is 1.39 bits per heavy atom. The second-order valence-electron chi connectivity index (χ2n) is 5.05. The number of fused-ring (bicyclic) bond motifs is 1. The Labute approximate surface area is 113 Å². The first-order valence-corrected chi connectivity index (χ1v) is 6.61. The molecule has 2 rings (SSSR count). The maximum atomic E-state index is 5.82. The summed E-state index contributed by atoms with van der Waals surface area (Å²) in [6.45, 7) is 8.40. The molecule has 2 aromatic heterocycles. The van der Waals surface area contributed by atoms with Crippen molar-refractivity contribution in [1.29, 1.82) is 0 Å². The molecule has 0 bridgehead atoms. The fourth-order valence-corrected chi connectivity index (χ4v) is 2.34. The molecule has 3 nitrogen and oxygen atoms in total. The number of thiocarbonyl (C=S) groups is 1. The quantitative estimate of drug-likeness (QED) is 0.863. The predicted molar refractivity (Wildman–Crippen MR) is 79.2 cm³/mol. The van der Waals surface area contributed by atoms with Gasteiger partial charge in [-0.1, -0.05) is 39.1 Å². The standard InChI is InChI=1S/C14H19N3S/c1-8(2)11-12(10(4)13(15)18)17-7-5-6-9(3)14(17)16-11/h5-8,10H,1-4H3,(H2,15,18). The number of nitrogens with two attached hydrogens (primary N) is 1. The number of aromatic nitrogens is 2. The van der Waals surface area contributed by atoms with Crippen LogP contribution in [0.2, 0.25) is 0 Å². The minimum atomic E-state index is 0.0363. The highest BCUT2D eigenvalue weighted by atomic mass is 32.1. The molecule has 0 aliphatic rings. The summed E-state index contributed by atoms with van der Waals surface area (Å²) in [5.41, 5.74) is 10.2. The molecule has 0 saturated heterocycles. The van der Waals surface area contributed by atoms with Gasteiger partial charge in [0.25, 0.3) is 0 Å². The lowest BCUT2D eigenvalue weighted by molar-refractivity contribution is 0.791. The molecule has 0 radical (unpaired) electrons. The van der Waals surface area contributed by atoms with E-state index in [4.69, 9.17) is 22.9 Å². The number of hydrogen-bond donors (Lipinski definition) is 1. The summed E-state index contributed by atoms with van der Waals surface area (Å²) >= 11 is 5.14. The maximum Gasteiger partial charge on any atom is 0.140 e. The lowest BCUT2D eigenvalue weighted by Gasteiger charge is -2.13. The van der Waals surface area contributed by atoms with Crippen LogP contribution < -0.4 is 5.73 Å². The number of rotatable bonds is 3. The van der Waals surface area contributed by atoms with Gasteiger partial charge in [0.1, 0.15) is 5.65 Å². The molecule has 0 aliphatic heterocycles. The summed E-state index contributed by atoms with van der Waals surface area (Å²) < 4.78 is 2.12. The molecule has 1 atom stereocenters. The Morgan fingerprint density at radius 3 is 2.61 bits per heavy atom. The molecule has 0 aromatic carbocycles. The summed E-state index contributed by atoms with van der Waals surface area (Å²) in [6.07, 6.45) is 2.03. The molecule has 0 spiro atoms. The van der Waals surface area contributed by atoms with Gasteiger partial charge in [0.05, 0.1) is 16.4 Å². The third kappa shape index (κ3) is 2.01. The molecule has 18 heavy (non-hydrogen) atoms. The Morgan fingerprint density at radius 2 is 2.06 bits per heavy atom. The first-order chi connectivity index (χ1) is 8.43. The number of nitrogens with zero attached hydrogens (tertiary/aromatic N) is 2. The van der Waals surface area contributed by atoms with Crippen molar-refractivity contribution < 1.29 is 0 Å². The van der Waals surface area contributed by atoms with Crippen molar-refractivity contribution in [3.63, 3.8) is 0 Å². The zero-order chi connectivity index (χ0) is 13.4. The summed E-state index contributed by atoms with van der Waals surface area (Å²) in [5.74, 6) is 0.394. The Bertz CT molecular complexity index is 598. The molecule has 2 N–H and O–H groups in total. The van der Waals surface area contributed by atoms with E-state index >= 15 is 0 Å². The lowest BCUT2D eigenvalue weighted by atomic mass is 10.00. The van der Waals surface area contributed by atoms with Crippen molar-refractivity contribution >= 4 is 22.9 Å². The van der Waals surface area contributed by atoms with E-state index in [9.17, 15) is 0 Å². The van der Waals surface area contributed by atoms with Gasteiger partial charge in [0.15, 0.2) is 0 Å². The van der Waals surface area contributed by atoms with E-state index in [1.54, 1.807) is 0 Å². The molecular weight excluding hydrogens is 242 g/mol.